The molecule has 3 aliphatic rings. The predicted octanol–water partition coefficient (Wildman–Crippen LogP) is 16.2. The summed E-state index contributed by atoms with van der Waals surface area (Å²) in [5.41, 5.74) is 17.3. The van der Waals surface area contributed by atoms with E-state index in [1.807, 2.05) is 11.8 Å². The van der Waals surface area contributed by atoms with Crippen molar-refractivity contribution >= 4 is 56.0 Å². The van der Waals surface area contributed by atoms with Gasteiger partial charge in [-0.3, -0.25) is 0 Å². The van der Waals surface area contributed by atoms with E-state index < -0.39 is 0 Å². The zero-order chi connectivity index (χ0) is 39.5. The van der Waals surface area contributed by atoms with Crippen LogP contribution in [0.15, 0.2) is 181 Å². The van der Waals surface area contributed by atoms with Crippen molar-refractivity contribution in [3.8, 4) is 27.9 Å². The summed E-state index contributed by atoms with van der Waals surface area (Å²) in [4.78, 5) is 1.34. The molecule has 0 N–H and O–H groups in total. The van der Waals surface area contributed by atoms with Gasteiger partial charge in [0.05, 0.1) is 11.0 Å². The fraction of sp³-hybridized carbons (Fsp3) is 0.158. The number of aromatic nitrogens is 1. The van der Waals surface area contributed by atoms with Gasteiger partial charge in [-0.05, 0) is 141 Å². The van der Waals surface area contributed by atoms with Gasteiger partial charge in [0.2, 0.25) is 0 Å². The molecule has 0 spiro atoms. The van der Waals surface area contributed by atoms with E-state index in [0.29, 0.717) is 5.25 Å². The molecule has 59 heavy (non-hydrogen) atoms. The Bertz CT molecular complexity index is 3020. The summed E-state index contributed by atoms with van der Waals surface area (Å²) in [5.74, 6) is 0. The number of fused-ring (bicyclic) bond motifs is 7. The minimum absolute atomic E-state index is 0.0372. The Morgan fingerprint density at radius 3 is 1.98 bits per heavy atom. The van der Waals surface area contributed by atoms with Gasteiger partial charge in [0.1, 0.15) is 0 Å². The van der Waals surface area contributed by atoms with Crippen LogP contribution in [-0.2, 0) is 5.41 Å². The van der Waals surface area contributed by atoms with Crippen LogP contribution < -0.4 is 0 Å². The summed E-state index contributed by atoms with van der Waals surface area (Å²) in [5, 5.41) is 5.57. The summed E-state index contributed by atoms with van der Waals surface area (Å²) in [6, 6.07) is 55.0. The molecular weight excluding hydrogens is 731 g/mol. The molecule has 8 aromatic rings. The molecular formula is C57H47NS. The van der Waals surface area contributed by atoms with Crippen LogP contribution in [0.5, 0.6) is 0 Å². The Labute approximate surface area is 352 Å². The molecule has 7 aromatic carbocycles. The largest absolute Gasteiger partial charge is 0.309 e. The van der Waals surface area contributed by atoms with E-state index in [-0.39, 0.29) is 5.41 Å². The second kappa shape index (κ2) is 14.6. The molecule has 1 aromatic heterocycles. The van der Waals surface area contributed by atoms with Crippen LogP contribution in [0.1, 0.15) is 79.0 Å². The molecule has 0 saturated heterocycles. The first-order chi connectivity index (χ1) is 29.1. The fourth-order valence-corrected chi connectivity index (χ4v) is 11.5. The Hall–Kier alpha value is -6.09. The third-order valence-corrected chi connectivity index (χ3v) is 14.8. The van der Waals surface area contributed by atoms with Crippen LogP contribution >= 0.6 is 11.8 Å². The normalized spacial score (nSPS) is 16.9. The summed E-state index contributed by atoms with van der Waals surface area (Å²) in [6.07, 6.45) is 19.5. The van der Waals surface area contributed by atoms with Gasteiger partial charge in [0, 0.05) is 32.0 Å². The maximum absolute atomic E-state index is 2.50. The highest BCUT2D eigenvalue weighted by Crippen LogP contribution is 2.54. The molecule has 1 unspecified atom stereocenters. The minimum Gasteiger partial charge on any atom is -0.309 e. The Kier molecular flexibility index (Phi) is 8.93. The van der Waals surface area contributed by atoms with Crippen LogP contribution in [0.4, 0.5) is 0 Å². The second-order valence-corrected chi connectivity index (χ2v) is 17.8. The van der Waals surface area contributed by atoms with Crippen LogP contribution in [0.25, 0.3) is 72.2 Å². The van der Waals surface area contributed by atoms with Gasteiger partial charge in [-0.25, -0.2) is 0 Å². The lowest BCUT2D eigenvalue weighted by Crippen LogP contribution is -2.23. The van der Waals surface area contributed by atoms with Crippen molar-refractivity contribution in [3.63, 3.8) is 0 Å². The summed E-state index contributed by atoms with van der Waals surface area (Å²) >= 11 is 2.01. The molecule has 1 nitrogen and oxygen atoms in total. The van der Waals surface area contributed by atoms with Crippen molar-refractivity contribution in [2.45, 2.75) is 56.6 Å². The van der Waals surface area contributed by atoms with Crippen LogP contribution in [0.3, 0.4) is 0 Å². The predicted molar refractivity (Wildman–Crippen MR) is 255 cm³/mol. The summed E-state index contributed by atoms with van der Waals surface area (Å²) < 4.78 is 2.46. The van der Waals surface area contributed by atoms with Gasteiger partial charge < -0.3 is 4.57 Å². The van der Waals surface area contributed by atoms with Gasteiger partial charge in [-0.15, -0.1) is 11.8 Å². The number of rotatable bonds is 8. The Morgan fingerprint density at radius 1 is 0.610 bits per heavy atom. The molecule has 0 saturated carbocycles. The van der Waals surface area contributed by atoms with Crippen molar-refractivity contribution in [1.82, 2.24) is 4.57 Å². The maximum Gasteiger partial charge on any atom is 0.0541 e. The molecule has 0 radical (unpaired) electrons. The van der Waals surface area contributed by atoms with E-state index in [1.54, 1.807) is 0 Å². The number of benzene rings is 7. The molecule has 2 heteroatoms. The topological polar surface area (TPSA) is 4.93 Å². The first-order valence-electron chi connectivity index (χ1n) is 21.4. The molecule has 1 atom stereocenters. The molecule has 2 aliphatic carbocycles. The fourth-order valence-electron chi connectivity index (χ4n) is 10.4. The van der Waals surface area contributed by atoms with E-state index in [0.717, 1.165) is 32.1 Å². The molecule has 1 aliphatic heterocycles. The lowest BCUT2D eigenvalue weighted by atomic mass is 9.73. The van der Waals surface area contributed by atoms with Gasteiger partial charge in [-0.1, -0.05) is 153 Å². The molecule has 11 rings (SSSR count). The average molecular weight is 778 g/mol. The second-order valence-electron chi connectivity index (χ2n) is 16.5. The van der Waals surface area contributed by atoms with E-state index in [1.165, 1.54) is 98.8 Å². The van der Waals surface area contributed by atoms with E-state index >= 15 is 0 Å². The smallest absolute Gasteiger partial charge is 0.0541 e. The number of nitrogens with zero attached hydrogens (tertiary/aromatic N) is 1. The van der Waals surface area contributed by atoms with Crippen LogP contribution in [0, 0.1) is 0 Å². The molecule has 2 heterocycles. The highest BCUT2D eigenvalue weighted by Gasteiger charge is 2.41. The van der Waals surface area contributed by atoms with E-state index in [9.17, 15) is 0 Å². The van der Waals surface area contributed by atoms with Gasteiger partial charge >= 0.3 is 0 Å². The Morgan fingerprint density at radius 2 is 1.27 bits per heavy atom. The quantitative estimate of drug-likeness (QED) is 0.149. The first kappa shape index (κ1) is 36.0. The monoisotopic (exact) mass is 777 g/mol. The molecule has 0 bridgehead atoms. The van der Waals surface area contributed by atoms with Crippen molar-refractivity contribution in [2.24, 2.45) is 0 Å². The number of para-hydroxylation sites is 2. The van der Waals surface area contributed by atoms with Crippen LogP contribution in [-0.4, -0.2) is 4.57 Å². The van der Waals surface area contributed by atoms with Crippen molar-refractivity contribution in [1.29, 1.82) is 0 Å². The van der Waals surface area contributed by atoms with E-state index in [2.05, 4.69) is 200 Å². The zero-order valence-corrected chi connectivity index (χ0v) is 34.6. The SMILES string of the molecule is CCC1(CC)c2cc(/C=C/C3=CCC(c4cc5ccccc5cc4-c4ccc(C5=CCCC=C5)cc4)S3)ccc2-c2ccc(-n3c4ccccc4c4ccccc43)cc21. The zero-order valence-electron chi connectivity index (χ0n) is 33.8. The number of hydrogen-bond donors (Lipinski definition) is 0. The highest BCUT2D eigenvalue weighted by molar-refractivity contribution is 8.03. The van der Waals surface area contributed by atoms with Crippen LogP contribution in [0.2, 0.25) is 0 Å². The maximum atomic E-state index is 2.50. The van der Waals surface area contributed by atoms with E-state index in [4.69, 9.17) is 0 Å². The third kappa shape index (κ3) is 5.99. The lowest BCUT2D eigenvalue weighted by molar-refractivity contribution is 0.490. The van der Waals surface area contributed by atoms with Gasteiger partial charge in [0.25, 0.3) is 0 Å². The lowest BCUT2D eigenvalue weighted by Gasteiger charge is -2.30. The number of allylic oxidation sites excluding steroid dienone is 6. The van der Waals surface area contributed by atoms with Gasteiger partial charge in [-0.2, -0.15) is 0 Å². The van der Waals surface area contributed by atoms with Crippen molar-refractivity contribution < 1.29 is 0 Å². The van der Waals surface area contributed by atoms with Gasteiger partial charge in [0.15, 0.2) is 0 Å². The third-order valence-electron chi connectivity index (χ3n) is 13.5. The van der Waals surface area contributed by atoms with Crippen molar-refractivity contribution in [3.05, 3.63) is 209 Å². The summed E-state index contributed by atoms with van der Waals surface area (Å²) in [6.45, 7) is 4.75. The standard InChI is InChI=1S/C57H47NS/c1-3-57(4-2)52-34-38(23-31-46(52)47-32-28-44(37-53(47)57)58-54-20-12-10-18-48(54)49-19-11-13-21-55(49)58)22-29-45-30-33-56(59-45)51-36-43-17-9-8-16-42(43)35-50(51)41-26-24-40(25-27-41)39-14-6-5-7-15-39/h6,8-32,34-37,56H,3-5,7,33H2,1-2H3/b29-22+. The van der Waals surface area contributed by atoms with Crippen molar-refractivity contribution in [2.75, 3.05) is 0 Å². The number of thioether (sulfide) groups is 1. The number of hydrogen-bond acceptors (Lipinski definition) is 1. The Balaban J connectivity index is 0.888. The molecule has 286 valence electrons. The first-order valence-corrected chi connectivity index (χ1v) is 22.3. The molecule has 0 amide bonds. The minimum atomic E-state index is -0.0372. The molecule has 0 fully saturated rings. The summed E-state index contributed by atoms with van der Waals surface area (Å²) in [7, 11) is 0. The highest BCUT2D eigenvalue weighted by atomic mass is 32.2. The average Bonchev–Trinajstić information content (AvgIpc) is 3.99.